The minimum absolute atomic E-state index is 0.250. The molecule has 7 heteroatoms. The summed E-state index contributed by atoms with van der Waals surface area (Å²) in [5.41, 5.74) is 0. The topological polar surface area (TPSA) is 60.2 Å². The van der Waals surface area contributed by atoms with Gasteiger partial charge in [0.25, 0.3) is 0 Å². The van der Waals surface area contributed by atoms with Gasteiger partial charge in [-0.1, -0.05) is 0 Å². The molecule has 2 fully saturated rings. The third-order valence-corrected chi connectivity index (χ3v) is 5.89. The van der Waals surface area contributed by atoms with Gasteiger partial charge in [0.15, 0.2) is 0 Å². The Balaban J connectivity index is 1.42. The van der Waals surface area contributed by atoms with E-state index in [4.69, 9.17) is 4.74 Å². The van der Waals surface area contributed by atoms with Gasteiger partial charge in [-0.15, -0.1) is 21.5 Å². The van der Waals surface area contributed by atoms with Gasteiger partial charge in [-0.05, 0) is 44.4 Å². The van der Waals surface area contributed by atoms with Crippen molar-refractivity contribution in [1.82, 2.24) is 19.7 Å². The summed E-state index contributed by atoms with van der Waals surface area (Å²) in [6, 6.07) is 4.52. The fourth-order valence-corrected chi connectivity index (χ4v) is 4.45. The molecule has 4 rings (SSSR count). The van der Waals surface area contributed by atoms with Crippen LogP contribution in [0.4, 0.5) is 0 Å². The average Bonchev–Trinajstić information content (AvgIpc) is 3.15. The number of piperidine rings is 1. The molecule has 1 aliphatic heterocycles. The molecule has 3 heterocycles. The molecule has 0 unspecified atom stereocenters. The second-order valence-electron chi connectivity index (χ2n) is 6.66. The van der Waals surface area contributed by atoms with Crippen molar-refractivity contribution >= 4 is 17.3 Å². The number of likely N-dealkylation sites (tertiary alicyclic amines) is 1. The van der Waals surface area contributed by atoms with Crippen LogP contribution in [-0.4, -0.2) is 45.8 Å². The Morgan fingerprint density at radius 3 is 3.04 bits per heavy atom. The zero-order valence-electron chi connectivity index (χ0n) is 13.9. The summed E-state index contributed by atoms with van der Waals surface area (Å²) < 4.78 is 7.07. The molecule has 24 heavy (non-hydrogen) atoms. The highest BCUT2D eigenvalue weighted by Gasteiger charge is 2.31. The van der Waals surface area contributed by atoms with Crippen molar-refractivity contribution in [1.29, 1.82) is 0 Å². The molecule has 0 radical (unpaired) electrons. The zero-order valence-corrected chi connectivity index (χ0v) is 14.7. The van der Waals surface area contributed by atoms with Crippen LogP contribution in [0.15, 0.2) is 18.5 Å². The standard InChI is InChI=1S/C17H22N4O2S/c1-23-17(22)15-7-6-14(24-15)10-20-8-2-3-12(9-20)16-19-18-11-21(16)13-4-5-13/h6-7,11-13H,2-5,8-10H2,1H3/t12-/m1/s1. The first kappa shape index (κ1) is 15.8. The third-order valence-electron chi connectivity index (χ3n) is 4.84. The van der Waals surface area contributed by atoms with Crippen molar-refractivity contribution in [3.63, 3.8) is 0 Å². The fourth-order valence-electron chi connectivity index (χ4n) is 3.48. The predicted octanol–water partition coefficient (Wildman–Crippen LogP) is 2.84. The number of hydrogen-bond acceptors (Lipinski definition) is 6. The highest BCUT2D eigenvalue weighted by atomic mass is 32.1. The van der Waals surface area contributed by atoms with E-state index in [-0.39, 0.29) is 5.97 Å². The Labute approximate surface area is 145 Å². The van der Waals surface area contributed by atoms with Crippen molar-refractivity contribution in [3.05, 3.63) is 34.0 Å². The highest BCUT2D eigenvalue weighted by molar-refractivity contribution is 7.13. The van der Waals surface area contributed by atoms with E-state index >= 15 is 0 Å². The number of hydrogen-bond donors (Lipinski definition) is 0. The van der Waals surface area contributed by atoms with Crippen LogP contribution in [0.5, 0.6) is 0 Å². The second-order valence-corrected chi connectivity index (χ2v) is 7.83. The molecule has 128 valence electrons. The van der Waals surface area contributed by atoms with Crippen molar-refractivity contribution in [3.8, 4) is 0 Å². The van der Waals surface area contributed by atoms with Gasteiger partial charge in [0, 0.05) is 29.9 Å². The quantitative estimate of drug-likeness (QED) is 0.779. The Kier molecular flexibility index (Phi) is 4.37. The fraction of sp³-hybridized carbons (Fsp3) is 0.588. The van der Waals surface area contributed by atoms with Gasteiger partial charge in [-0.25, -0.2) is 4.79 Å². The van der Waals surface area contributed by atoms with Gasteiger partial charge in [-0.3, -0.25) is 4.90 Å². The van der Waals surface area contributed by atoms with Gasteiger partial charge in [0.1, 0.15) is 17.0 Å². The van der Waals surface area contributed by atoms with Crippen LogP contribution < -0.4 is 0 Å². The number of thiophene rings is 1. The summed E-state index contributed by atoms with van der Waals surface area (Å²) in [7, 11) is 1.42. The van der Waals surface area contributed by atoms with Gasteiger partial charge in [-0.2, -0.15) is 0 Å². The average molecular weight is 346 g/mol. The monoisotopic (exact) mass is 346 g/mol. The number of nitrogens with zero attached hydrogens (tertiary/aromatic N) is 4. The zero-order chi connectivity index (χ0) is 16.5. The molecule has 0 aromatic carbocycles. The molecule has 2 aromatic heterocycles. The summed E-state index contributed by atoms with van der Waals surface area (Å²) in [4.78, 5) is 15.9. The molecule has 0 amide bonds. The van der Waals surface area contributed by atoms with E-state index in [0.717, 1.165) is 25.5 Å². The number of aromatic nitrogens is 3. The lowest BCUT2D eigenvalue weighted by atomic mass is 9.97. The van der Waals surface area contributed by atoms with Crippen LogP contribution in [-0.2, 0) is 11.3 Å². The lowest BCUT2D eigenvalue weighted by Gasteiger charge is -2.32. The molecule has 2 aromatic rings. The minimum Gasteiger partial charge on any atom is -0.465 e. The molecular weight excluding hydrogens is 324 g/mol. The van der Waals surface area contributed by atoms with E-state index in [9.17, 15) is 4.79 Å². The summed E-state index contributed by atoms with van der Waals surface area (Å²) in [5, 5.41) is 8.55. The van der Waals surface area contributed by atoms with Crippen molar-refractivity contribution in [2.24, 2.45) is 0 Å². The third kappa shape index (κ3) is 3.23. The van der Waals surface area contributed by atoms with Crippen molar-refractivity contribution in [2.75, 3.05) is 20.2 Å². The summed E-state index contributed by atoms with van der Waals surface area (Å²) in [6.07, 6.45) is 6.77. The first-order valence-electron chi connectivity index (χ1n) is 8.53. The molecule has 1 atom stereocenters. The molecule has 0 N–H and O–H groups in total. The van der Waals surface area contributed by atoms with E-state index in [1.54, 1.807) is 0 Å². The Morgan fingerprint density at radius 1 is 1.38 bits per heavy atom. The van der Waals surface area contributed by atoms with Crippen LogP contribution in [0.1, 0.15) is 58.0 Å². The summed E-state index contributed by atoms with van der Waals surface area (Å²) in [5.74, 6) is 1.37. The maximum Gasteiger partial charge on any atom is 0.348 e. The molecule has 0 spiro atoms. The molecule has 1 saturated carbocycles. The van der Waals surface area contributed by atoms with Gasteiger partial charge in [0.2, 0.25) is 0 Å². The SMILES string of the molecule is COC(=O)c1ccc(CN2CCC[C@@H](c3nncn3C3CC3)C2)s1. The second kappa shape index (κ2) is 6.64. The van der Waals surface area contributed by atoms with E-state index in [1.165, 1.54) is 49.0 Å². The lowest BCUT2D eigenvalue weighted by Crippen LogP contribution is -2.34. The first-order valence-corrected chi connectivity index (χ1v) is 9.35. The van der Waals surface area contributed by atoms with Crippen molar-refractivity contribution < 1.29 is 9.53 Å². The van der Waals surface area contributed by atoms with Crippen LogP contribution in [0.3, 0.4) is 0 Å². The predicted molar refractivity (Wildman–Crippen MR) is 91.2 cm³/mol. The molecule has 1 saturated heterocycles. The molecule has 6 nitrogen and oxygen atoms in total. The molecular formula is C17H22N4O2S. The van der Waals surface area contributed by atoms with E-state index < -0.39 is 0 Å². The Bertz CT molecular complexity index is 722. The Morgan fingerprint density at radius 2 is 2.25 bits per heavy atom. The maximum atomic E-state index is 11.6. The van der Waals surface area contributed by atoms with Crippen molar-refractivity contribution in [2.45, 2.75) is 44.2 Å². The molecule has 2 aliphatic rings. The Hall–Kier alpha value is -1.73. The van der Waals surface area contributed by atoms with Crippen LogP contribution in [0.2, 0.25) is 0 Å². The number of rotatable bonds is 5. The molecule has 1 aliphatic carbocycles. The maximum absolute atomic E-state index is 11.6. The van der Waals surface area contributed by atoms with E-state index in [1.807, 2.05) is 18.5 Å². The number of esters is 1. The van der Waals surface area contributed by atoms with Gasteiger partial charge < -0.3 is 9.30 Å². The minimum atomic E-state index is -0.250. The summed E-state index contributed by atoms with van der Waals surface area (Å²) in [6.45, 7) is 2.99. The van der Waals surface area contributed by atoms with Gasteiger partial charge >= 0.3 is 5.97 Å². The van der Waals surface area contributed by atoms with Crippen LogP contribution >= 0.6 is 11.3 Å². The van der Waals surface area contributed by atoms with Crippen LogP contribution in [0, 0.1) is 0 Å². The number of carbonyl (C=O) groups excluding carboxylic acids is 1. The summed E-state index contributed by atoms with van der Waals surface area (Å²) >= 11 is 1.53. The van der Waals surface area contributed by atoms with E-state index in [2.05, 4.69) is 19.7 Å². The lowest BCUT2D eigenvalue weighted by molar-refractivity contribution is 0.0606. The smallest absolute Gasteiger partial charge is 0.348 e. The normalized spacial score (nSPS) is 21.8. The number of carbonyl (C=O) groups is 1. The molecule has 0 bridgehead atoms. The van der Waals surface area contributed by atoms with Crippen LogP contribution in [0.25, 0.3) is 0 Å². The highest BCUT2D eigenvalue weighted by Crippen LogP contribution is 2.38. The van der Waals surface area contributed by atoms with E-state index in [0.29, 0.717) is 16.8 Å². The van der Waals surface area contributed by atoms with Gasteiger partial charge in [0.05, 0.1) is 7.11 Å². The number of methoxy groups -OCH3 is 1. The number of ether oxygens (including phenoxy) is 1. The first-order chi connectivity index (χ1) is 11.7. The largest absolute Gasteiger partial charge is 0.465 e.